The van der Waals surface area contributed by atoms with E-state index in [1.165, 1.54) is 0 Å². The zero-order chi connectivity index (χ0) is 14.9. The predicted octanol–water partition coefficient (Wildman–Crippen LogP) is 1.34. The molecule has 0 saturated carbocycles. The van der Waals surface area contributed by atoms with Crippen LogP contribution in [0.1, 0.15) is 33.3 Å². The lowest BCUT2D eigenvalue weighted by Crippen LogP contribution is -2.69. The fourth-order valence-corrected chi connectivity index (χ4v) is 2.34. The van der Waals surface area contributed by atoms with Crippen molar-refractivity contribution in [1.29, 1.82) is 0 Å². The Balaban J connectivity index is 2.30. The largest absolute Gasteiger partial charge is 0.342 e. The van der Waals surface area contributed by atoms with Crippen LogP contribution < -0.4 is 5.32 Å². The Labute approximate surface area is 119 Å². The molecule has 5 nitrogen and oxygen atoms in total. The molecule has 1 aliphatic heterocycles. The summed E-state index contributed by atoms with van der Waals surface area (Å²) in [5.74, 6) is -0.0613. The minimum absolute atomic E-state index is 0.0265. The van der Waals surface area contributed by atoms with Crippen LogP contribution in [0.25, 0.3) is 0 Å². The third-order valence-corrected chi connectivity index (χ3v) is 3.81. The first kappa shape index (κ1) is 14.5. The standard InChI is InChI=1S/C15H21N3O2/c1-10(2)12-13(19)18(15(3,4)14(20)17-12)9-11-5-7-16-8-6-11/h5-8,10,12H,9H2,1-4H3,(H,17,20). The number of piperazine rings is 1. The van der Waals surface area contributed by atoms with E-state index in [4.69, 9.17) is 0 Å². The highest BCUT2D eigenvalue weighted by molar-refractivity contribution is 5.99. The Morgan fingerprint density at radius 2 is 1.90 bits per heavy atom. The van der Waals surface area contributed by atoms with Crippen molar-refractivity contribution < 1.29 is 9.59 Å². The second-order valence-electron chi connectivity index (χ2n) is 6.03. The Bertz CT molecular complexity index is 511. The average Bonchev–Trinajstić information content (AvgIpc) is 2.40. The molecule has 1 N–H and O–H groups in total. The van der Waals surface area contributed by atoms with E-state index in [9.17, 15) is 9.59 Å². The van der Waals surface area contributed by atoms with Gasteiger partial charge in [-0.3, -0.25) is 14.6 Å². The van der Waals surface area contributed by atoms with Crippen LogP contribution in [-0.2, 0) is 16.1 Å². The van der Waals surface area contributed by atoms with E-state index in [-0.39, 0.29) is 17.7 Å². The van der Waals surface area contributed by atoms with E-state index in [0.717, 1.165) is 5.56 Å². The van der Waals surface area contributed by atoms with Crippen molar-refractivity contribution in [2.75, 3.05) is 0 Å². The lowest BCUT2D eigenvalue weighted by atomic mass is 9.91. The van der Waals surface area contributed by atoms with E-state index in [1.807, 2.05) is 26.0 Å². The highest BCUT2D eigenvalue weighted by atomic mass is 16.2. The molecule has 1 fully saturated rings. The molecule has 20 heavy (non-hydrogen) atoms. The maximum atomic E-state index is 12.6. The monoisotopic (exact) mass is 275 g/mol. The van der Waals surface area contributed by atoms with Gasteiger partial charge in [0.15, 0.2) is 0 Å². The summed E-state index contributed by atoms with van der Waals surface area (Å²) in [4.78, 5) is 30.5. The molecule has 0 aromatic carbocycles. The minimum Gasteiger partial charge on any atom is -0.342 e. The van der Waals surface area contributed by atoms with Gasteiger partial charge in [0.25, 0.3) is 0 Å². The second-order valence-corrected chi connectivity index (χ2v) is 6.03. The van der Waals surface area contributed by atoms with Gasteiger partial charge in [-0.25, -0.2) is 0 Å². The molecule has 2 heterocycles. The SMILES string of the molecule is CC(C)C1NC(=O)C(C)(C)N(Cc2ccncc2)C1=O. The molecule has 0 aliphatic carbocycles. The summed E-state index contributed by atoms with van der Waals surface area (Å²) in [6.07, 6.45) is 3.38. The summed E-state index contributed by atoms with van der Waals surface area (Å²) < 4.78 is 0. The van der Waals surface area contributed by atoms with Crippen LogP contribution in [0, 0.1) is 5.92 Å². The summed E-state index contributed by atoms with van der Waals surface area (Å²) in [6, 6.07) is 3.28. The number of carbonyl (C=O) groups excluding carboxylic acids is 2. The third-order valence-electron chi connectivity index (χ3n) is 3.81. The minimum atomic E-state index is -0.842. The molecule has 0 spiro atoms. The van der Waals surface area contributed by atoms with Crippen LogP contribution >= 0.6 is 0 Å². The van der Waals surface area contributed by atoms with Crippen molar-refractivity contribution in [3.05, 3.63) is 30.1 Å². The first-order valence-electron chi connectivity index (χ1n) is 6.85. The van der Waals surface area contributed by atoms with Crippen molar-refractivity contribution in [2.24, 2.45) is 5.92 Å². The van der Waals surface area contributed by atoms with E-state index < -0.39 is 11.6 Å². The Kier molecular flexibility index (Phi) is 3.79. The molecular formula is C15H21N3O2. The van der Waals surface area contributed by atoms with Crippen molar-refractivity contribution in [2.45, 2.75) is 45.8 Å². The number of hydrogen-bond acceptors (Lipinski definition) is 3. The molecule has 0 bridgehead atoms. The number of hydrogen-bond donors (Lipinski definition) is 1. The van der Waals surface area contributed by atoms with Crippen LogP contribution in [0.2, 0.25) is 0 Å². The molecule has 0 radical (unpaired) electrons. The molecule has 2 amide bonds. The molecule has 1 saturated heterocycles. The highest BCUT2D eigenvalue weighted by Crippen LogP contribution is 2.25. The van der Waals surface area contributed by atoms with E-state index >= 15 is 0 Å². The zero-order valence-electron chi connectivity index (χ0n) is 12.4. The predicted molar refractivity (Wildman–Crippen MR) is 75.6 cm³/mol. The lowest BCUT2D eigenvalue weighted by Gasteiger charge is -2.45. The number of nitrogens with one attached hydrogen (secondary N) is 1. The van der Waals surface area contributed by atoms with Gasteiger partial charge in [-0.05, 0) is 37.5 Å². The molecule has 1 unspecified atom stereocenters. The number of amides is 2. The molecule has 1 aliphatic rings. The highest BCUT2D eigenvalue weighted by Gasteiger charge is 2.46. The summed E-state index contributed by atoms with van der Waals surface area (Å²) >= 11 is 0. The lowest BCUT2D eigenvalue weighted by molar-refractivity contribution is -0.157. The molecule has 1 aromatic heterocycles. The zero-order valence-corrected chi connectivity index (χ0v) is 12.4. The number of carbonyl (C=O) groups is 2. The van der Waals surface area contributed by atoms with Crippen molar-refractivity contribution in [3.63, 3.8) is 0 Å². The van der Waals surface area contributed by atoms with Gasteiger partial charge in [-0.15, -0.1) is 0 Å². The summed E-state index contributed by atoms with van der Waals surface area (Å²) in [7, 11) is 0. The Morgan fingerprint density at radius 3 is 2.45 bits per heavy atom. The quantitative estimate of drug-likeness (QED) is 0.905. The first-order valence-corrected chi connectivity index (χ1v) is 6.85. The average molecular weight is 275 g/mol. The smallest absolute Gasteiger partial charge is 0.246 e. The van der Waals surface area contributed by atoms with Crippen LogP contribution in [0.15, 0.2) is 24.5 Å². The van der Waals surface area contributed by atoms with Crippen LogP contribution in [0.4, 0.5) is 0 Å². The van der Waals surface area contributed by atoms with Crippen LogP contribution in [0.3, 0.4) is 0 Å². The number of pyridine rings is 1. The van der Waals surface area contributed by atoms with Gasteiger partial charge in [0.2, 0.25) is 11.8 Å². The van der Waals surface area contributed by atoms with E-state index in [0.29, 0.717) is 6.54 Å². The van der Waals surface area contributed by atoms with Gasteiger partial charge < -0.3 is 10.2 Å². The fourth-order valence-electron chi connectivity index (χ4n) is 2.34. The van der Waals surface area contributed by atoms with E-state index in [1.54, 1.807) is 31.1 Å². The van der Waals surface area contributed by atoms with Gasteiger partial charge in [-0.1, -0.05) is 13.8 Å². The summed E-state index contributed by atoms with van der Waals surface area (Å²) in [5, 5.41) is 2.83. The molecule has 108 valence electrons. The first-order chi connectivity index (χ1) is 9.34. The van der Waals surface area contributed by atoms with Gasteiger partial charge >= 0.3 is 0 Å². The number of aromatic nitrogens is 1. The van der Waals surface area contributed by atoms with Crippen molar-refractivity contribution in [3.8, 4) is 0 Å². The van der Waals surface area contributed by atoms with Gasteiger partial charge in [0.05, 0.1) is 0 Å². The Morgan fingerprint density at radius 1 is 1.30 bits per heavy atom. The molecule has 2 rings (SSSR count). The molecule has 1 atom stereocenters. The van der Waals surface area contributed by atoms with Gasteiger partial charge in [0.1, 0.15) is 11.6 Å². The molecule has 5 heteroatoms. The fraction of sp³-hybridized carbons (Fsp3) is 0.533. The van der Waals surface area contributed by atoms with Crippen molar-refractivity contribution >= 4 is 11.8 Å². The Hall–Kier alpha value is -1.91. The summed E-state index contributed by atoms with van der Waals surface area (Å²) in [5.41, 5.74) is 0.129. The summed E-state index contributed by atoms with van der Waals surface area (Å²) in [6.45, 7) is 7.85. The van der Waals surface area contributed by atoms with Gasteiger partial charge in [0, 0.05) is 18.9 Å². The van der Waals surface area contributed by atoms with E-state index in [2.05, 4.69) is 10.3 Å². The maximum absolute atomic E-state index is 12.6. The van der Waals surface area contributed by atoms with Crippen LogP contribution in [-0.4, -0.2) is 33.3 Å². The molecule has 1 aromatic rings. The second kappa shape index (κ2) is 5.23. The number of nitrogens with zero attached hydrogens (tertiary/aromatic N) is 2. The van der Waals surface area contributed by atoms with Gasteiger partial charge in [-0.2, -0.15) is 0 Å². The topological polar surface area (TPSA) is 62.3 Å². The van der Waals surface area contributed by atoms with Crippen molar-refractivity contribution in [1.82, 2.24) is 15.2 Å². The molecular weight excluding hydrogens is 254 g/mol. The normalized spacial score (nSPS) is 22.1. The number of rotatable bonds is 3. The third kappa shape index (κ3) is 2.53. The maximum Gasteiger partial charge on any atom is 0.246 e. The van der Waals surface area contributed by atoms with Crippen LogP contribution in [0.5, 0.6) is 0 Å².